The molecular formula is C25H21ClN2O. The minimum absolute atomic E-state index is 0.121. The maximum absolute atomic E-state index is 13.1. The number of halogens is 1. The fourth-order valence-electron chi connectivity index (χ4n) is 3.48. The Kier molecular flexibility index (Phi) is 5.32. The lowest BCUT2D eigenvalue weighted by Gasteiger charge is -2.12. The van der Waals surface area contributed by atoms with Gasteiger partial charge in [-0.3, -0.25) is 4.79 Å². The Morgan fingerprint density at radius 2 is 1.72 bits per heavy atom. The highest BCUT2D eigenvalue weighted by molar-refractivity contribution is 6.30. The van der Waals surface area contributed by atoms with Crippen LogP contribution in [0.1, 0.15) is 27.0 Å². The first-order valence-electron chi connectivity index (χ1n) is 9.51. The van der Waals surface area contributed by atoms with Gasteiger partial charge in [-0.2, -0.15) is 0 Å². The van der Waals surface area contributed by atoms with Gasteiger partial charge >= 0.3 is 0 Å². The highest BCUT2D eigenvalue weighted by atomic mass is 35.5. The van der Waals surface area contributed by atoms with E-state index < -0.39 is 0 Å². The lowest BCUT2D eigenvalue weighted by molar-refractivity contribution is 0.0952. The Morgan fingerprint density at radius 3 is 2.48 bits per heavy atom. The Hall–Kier alpha value is -3.17. The molecule has 3 aromatic carbocycles. The van der Waals surface area contributed by atoms with Crippen molar-refractivity contribution in [2.75, 3.05) is 0 Å². The smallest absolute Gasteiger partial charge is 0.252 e. The van der Waals surface area contributed by atoms with Gasteiger partial charge in [0, 0.05) is 22.5 Å². The molecule has 29 heavy (non-hydrogen) atoms. The van der Waals surface area contributed by atoms with Gasteiger partial charge in [0.25, 0.3) is 5.91 Å². The number of benzene rings is 3. The molecule has 0 aliphatic rings. The Morgan fingerprint density at radius 1 is 0.966 bits per heavy atom. The van der Waals surface area contributed by atoms with Gasteiger partial charge in [0.15, 0.2) is 0 Å². The first-order valence-corrected chi connectivity index (χ1v) is 9.89. The van der Waals surface area contributed by atoms with Gasteiger partial charge in [-0.05, 0) is 49.2 Å². The van der Waals surface area contributed by atoms with Crippen LogP contribution in [0.5, 0.6) is 0 Å². The number of nitrogens with zero attached hydrogens (tertiary/aromatic N) is 1. The second-order valence-electron chi connectivity index (χ2n) is 7.20. The lowest BCUT2D eigenvalue weighted by atomic mass is 9.99. The monoisotopic (exact) mass is 400 g/mol. The molecule has 0 bridgehead atoms. The summed E-state index contributed by atoms with van der Waals surface area (Å²) in [4.78, 5) is 17.9. The largest absolute Gasteiger partial charge is 0.348 e. The molecule has 0 saturated carbocycles. The number of rotatable bonds is 4. The van der Waals surface area contributed by atoms with Crippen molar-refractivity contribution in [3.05, 3.63) is 100 Å². The molecule has 0 aliphatic carbocycles. The average molecular weight is 401 g/mol. The molecule has 0 aliphatic heterocycles. The van der Waals surface area contributed by atoms with Crippen LogP contribution < -0.4 is 5.32 Å². The summed E-state index contributed by atoms with van der Waals surface area (Å²) in [5, 5.41) is 4.54. The van der Waals surface area contributed by atoms with Crippen molar-refractivity contribution >= 4 is 28.4 Å². The molecule has 3 nitrogen and oxygen atoms in total. The van der Waals surface area contributed by atoms with Crippen molar-refractivity contribution in [1.29, 1.82) is 0 Å². The second kappa shape index (κ2) is 8.06. The van der Waals surface area contributed by atoms with E-state index in [2.05, 4.69) is 37.4 Å². The summed E-state index contributed by atoms with van der Waals surface area (Å²) in [7, 11) is 0. The molecule has 0 fully saturated rings. The van der Waals surface area contributed by atoms with Crippen LogP contribution in [0, 0.1) is 13.8 Å². The van der Waals surface area contributed by atoms with Gasteiger partial charge in [-0.1, -0.05) is 65.7 Å². The zero-order chi connectivity index (χ0) is 20.4. The van der Waals surface area contributed by atoms with Gasteiger partial charge in [-0.15, -0.1) is 0 Å². The number of aromatic nitrogens is 1. The van der Waals surface area contributed by atoms with E-state index in [-0.39, 0.29) is 5.91 Å². The van der Waals surface area contributed by atoms with Crippen LogP contribution in [0.15, 0.2) is 72.8 Å². The van der Waals surface area contributed by atoms with E-state index in [4.69, 9.17) is 16.6 Å². The van der Waals surface area contributed by atoms with Crippen molar-refractivity contribution in [3.63, 3.8) is 0 Å². The third-order valence-electron chi connectivity index (χ3n) is 4.98. The molecule has 0 saturated heterocycles. The predicted octanol–water partition coefficient (Wildman–Crippen LogP) is 6.10. The van der Waals surface area contributed by atoms with Crippen LogP contribution in [-0.4, -0.2) is 10.9 Å². The van der Waals surface area contributed by atoms with E-state index in [1.807, 2.05) is 54.6 Å². The first kappa shape index (κ1) is 19.2. The lowest BCUT2D eigenvalue weighted by Crippen LogP contribution is -2.23. The molecular weight excluding hydrogens is 380 g/mol. The topological polar surface area (TPSA) is 42.0 Å². The van der Waals surface area contributed by atoms with Crippen LogP contribution in [0.2, 0.25) is 5.02 Å². The van der Waals surface area contributed by atoms with Gasteiger partial charge < -0.3 is 5.32 Å². The average Bonchev–Trinajstić information content (AvgIpc) is 2.72. The first-order chi connectivity index (χ1) is 14.0. The van der Waals surface area contributed by atoms with E-state index in [1.54, 1.807) is 0 Å². The summed E-state index contributed by atoms with van der Waals surface area (Å²) >= 11 is 5.94. The highest BCUT2D eigenvalue weighted by Crippen LogP contribution is 2.27. The third kappa shape index (κ3) is 4.15. The number of nitrogens with one attached hydrogen (secondary N) is 1. The van der Waals surface area contributed by atoms with E-state index in [1.165, 1.54) is 5.56 Å². The number of hydrogen-bond donors (Lipinski definition) is 1. The van der Waals surface area contributed by atoms with Crippen molar-refractivity contribution in [2.24, 2.45) is 0 Å². The molecule has 0 atom stereocenters. The normalized spacial score (nSPS) is 10.9. The minimum Gasteiger partial charge on any atom is -0.348 e. The van der Waals surface area contributed by atoms with Crippen LogP contribution in [0.4, 0.5) is 0 Å². The van der Waals surface area contributed by atoms with E-state index in [9.17, 15) is 4.79 Å². The third-order valence-corrected chi connectivity index (χ3v) is 5.24. The molecule has 1 aromatic heterocycles. The van der Waals surface area contributed by atoms with Crippen LogP contribution in [0.25, 0.3) is 22.2 Å². The molecule has 1 heterocycles. The molecule has 4 heteroatoms. The minimum atomic E-state index is -0.121. The van der Waals surface area contributed by atoms with Crippen molar-refractivity contribution in [1.82, 2.24) is 10.3 Å². The molecule has 4 rings (SSSR count). The summed E-state index contributed by atoms with van der Waals surface area (Å²) in [6.45, 7) is 4.57. The fourth-order valence-corrected chi connectivity index (χ4v) is 3.61. The predicted molar refractivity (Wildman–Crippen MR) is 119 cm³/mol. The number of amides is 1. The molecule has 0 spiro atoms. The van der Waals surface area contributed by atoms with E-state index >= 15 is 0 Å². The van der Waals surface area contributed by atoms with Gasteiger partial charge in [0.05, 0.1) is 16.8 Å². The molecule has 4 aromatic rings. The Labute approximate surface area is 175 Å². The summed E-state index contributed by atoms with van der Waals surface area (Å²) in [6.07, 6.45) is 0. The fraction of sp³-hybridized carbons (Fsp3) is 0.120. The van der Waals surface area contributed by atoms with Crippen LogP contribution in [0.3, 0.4) is 0 Å². The van der Waals surface area contributed by atoms with E-state index in [0.29, 0.717) is 17.1 Å². The summed E-state index contributed by atoms with van der Waals surface area (Å²) in [5.41, 5.74) is 6.61. The molecule has 144 valence electrons. The van der Waals surface area contributed by atoms with Gasteiger partial charge in [-0.25, -0.2) is 4.98 Å². The molecule has 0 radical (unpaired) electrons. The number of pyridine rings is 1. The number of carbonyl (C=O) groups is 1. The summed E-state index contributed by atoms with van der Waals surface area (Å²) in [6, 6.07) is 23.4. The Bertz CT molecular complexity index is 1200. The van der Waals surface area contributed by atoms with Crippen molar-refractivity contribution < 1.29 is 4.79 Å². The van der Waals surface area contributed by atoms with Crippen molar-refractivity contribution in [2.45, 2.75) is 20.4 Å². The van der Waals surface area contributed by atoms with Crippen LogP contribution >= 0.6 is 11.6 Å². The maximum Gasteiger partial charge on any atom is 0.252 e. The number of hydrogen-bond acceptors (Lipinski definition) is 2. The second-order valence-corrected chi connectivity index (χ2v) is 7.64. The number of para-hydroxylation sites is 1. The van der Waals surface area contributed by atoms with Gasteiger partial charge in [0.2, 0.25) is 0 Å². The van der Waals surface area contributed by atoms with Crippen molar-refractivity contribution in [3.8, 4) is 11.3 Å². The standard InChI is InChI=1S/C25H21ClN2O/c1-16-7-12-20(17(2)13-16)24-14-22(21-5-3-4-6-23(21)28-24)25(29)27-15-18-8-10-19(26)11-9-18/h3-14H,15H2,1-2H3,(H,27,29). The van der Waals surface area contributed by atoms with Gasteiger partial charge in [0.1, 0.15) is 0 Å². The molecule has 1 amide bonds. The quantitative estimate of drug-likeness (QED) is 0.449. The summed E-state index contributed by atoms with van der Waals surface area (Å²) in [5.74, 6) is -0.121. The number of aryl methyl sites for hydroxylation is 2. The highest BCUT2D eigenvalue weighted by Gasteiger charge is 2.15. The Balaban J connectivity index is 1.72. The zero-order valence-corrected chi connectivity index (χ0v) is 17.1. The molecule has 1 N–H and O–H groups in total. The maximum atomic E-state index is 13.1. The SMILES string of the molecule is Cc1ccc(-c2cc(C(=O)NCc3ccc(Cl)cc3)c3ccccc3n2)c(C)c1. The van der Waals surface area contributed by atoms with Crippen LogP contribution in [-0.2, 0) is 6.54 Å². The summed E-state index contributed by atoms with van der Waals surface area (Å²) < 4.78 is 0. The zero-order valence-electron chi connectivity index (χ0n) is 16.4. The molecule has 0 unspecified atom stereocenters. The number of fused-ring (bicyclic) bond motifs is 1. The van der Waals surface area contributed by atoms with E-state index in [0.717, 1.165) is 33.3 Å². The number of carbonyl (C=O) groups excluding carboxylic acids is 1.